The van der Waals surface area contributed by atoms with Crippen LogP contribution in [0.15, 0.2) is 18.2 Å². The highest BCUT2D eigenvalue weighted by Crippen LogP contribution is 2.22. The van der Waals surface area contributed by atoms with Gasteiger partial charge in [0.25, 0.3) is 0 Å². The second-order valence-electron chi connectivity index (χ2n) is 5.29. The van der Waals surface area contributed by atoms with Gasteiger partial charge >= 0.3 is 12.0 Å². The Bertz CT molecular complexity index is 552. The number of carboxylic acids is 1. The van der Waals surface area contributed by atoms with Crippen molar-refractivity contribution in [1.29, 1.82) is 0 Å². The fraction of sp³-hybridized carbons (Fsp3) is 0.429. The third-order valence-electron chi connectivity index (χ3n) is 3.50. The maximum Gasteiger partial charge on any atom is 0.339 e. The number of carboxylic acid groups (broad SMARTS) is 1. The van der Waals surface area contributed by atoms with E-state index in [1.807, 2.05) is 6.92 Å². The molecule has 1 saturated heterocycles. The SMILES string of the molecule is CC1(NC(=O)Nc2ccc(O)c(C(=O)O)c2)CCOCC1. The van der Waals surface area contributed by atoms with Gasteiger partial charge in [-0.2, -0.15) is 0 Å². The van der Waals surface area contributed by atoms with Crippen molar-refractivity contribution in [1.82, 2.24) is 5.32 Å². The first-order chi connectivity index (χ1) is 9.89. The highest BCUT2D eigenvalue weighted by Gasteiger charge is 2.29. The Balaban J connectivity index is 2.02. The van der Waals surface area contributed by atoms with E-state index in [9.17, 15) is 14.7 Å². The Morgan fingerprint density at radius 1 is 1.29 bits per heavy atom. The molecule has 7 nitrogen and oxygen atoms in total. The lowest BCUT2D eigenvalue weighted by molar-refractivity contribution is 0.0499. The Morgan fingerprint density at radius 3 is 2.57 bits per heavy atom. The van der Waals surface area contributed by atoms with E-state index < -0.39 is 12.0 Å². The Kier molecular flexibility index (Phi) is 4.32. The summed E-state index contributed by atoms with van der Waals surface area (Å²) in [6.45, 7) is 3.13. The van der Waals surface area contributed by atoms with Crippen LogP contribution in [0.25, 0.3) is 0 Å². The molecule has 0 aromatic heterocycles. The Hall–Kier alpha value is -2.28. The van der Waals surface area contributed by atoms with E-state index in [1.54, 1.807) is 0 Å². The zero-order valence-electron chi connectivity index (χ0n) is 11.7. The number of aromatic hydroxyl groups is 1. The number of hydrogen-bond donors (Lipinski definition) is 4. The zero-order valence-corrected chi connectivity index (χ0v) is 11.7. The number of nitrogens with one attached hydrogen (secondary N) is 2. The monoisotopic (exact) mass is 294 g/mol. The molecule has 2 rings (SSSR count). The molecule has 1 aliphatic rings. The summed E-state index contributed by atoms with van der Waals surface area (Å²) in [7, 11) is 0. The summed E-state index contributed by atoms with van der Waals surface area (Å²) >= 11 is 0. The minimum absolute atomic E-state index is 0.259. The summed E-state index contributed by atoms with van der Waals surface area (Å²) in [6, 6.07) is 3.47. The highest BCUT2D eigenvalue weighted by atomic mass is 16.5. The van der Waals surface area contributed by atoms with Crippen LogP contribution in [0.4, 0.5) is 10.5 Å². The van der Waals surface area contributed by atoms with Gasteiger partial charge < -0.3 is 25.6 Å². The first-order valence-electron chi connectivity index (χ1n) is 6.63. The van der Waals surface area contributed by atoms with Crippen LogP contribution in [0.3, 0.4) is 0 Å². The van der Waals surface area contributed by atoms with Gasteiger partial charge in [0.2, 0.25) is 0 Å². The molecule has 1 aromatic rings. The molecule has 1 aliphatic heterocycles. The number of phenols is 1. The van der Waals surface area contributed by atoms with Gasteiger partial charge in [0.1, 0.15) is 11.3 Å². The number of carbonyl (C=O) groups is 2. The first-order valence-corrected chi connectivity index (χ1v) is 6.63. The van der Waals surface area contributed by atoms with Gasteiger partial charge in [-0.05, 0) is 38.0 Å². The molecule has 0 saturated carbocycles. The quantitative estimate of drug-likeness (QED) is 0.636. The van der Waals surface area contributed by atoms with Gasteiger partial charge in [0, 0.05) is 24.4 Å². The minimum Gasteiger partial charge on any atom is -0.507 e. The predicted octanol–water partition coefficient (Wildman–Crippen LogP) is 1.78. The van der Waals surface area contributed by atoms with Crippen molar-refractivity contribution in [3.63, 3.8) is 0 Å². The molecule has 7 heteroatoms. The summed E-state index contributed by atoms with van der Waals surface area (Å²) in [5.74, 6) is -1.60. The molecule has 114 valence electrons. The number of amides is 2. The van der Waals surface area contributed by atoms with Crippen molar-refractivity contribution < 1.29 is 24.5 Å². The standard InChI is InChI=1S/C14H18N2O5/c1-14(4-6-21-7-5-14)16-13(20)15-9-2-3-11(17)10(8-9)12(18)19/h2-3,8,17H,4-7H2,1H3,(H,18,19)(H2,15,16,20). The van der Waals surface area contributed by atoms with Crippen LogP contribution in [-0.4, -0.2) is 41.0 Å². The number of hydrogen-bond acceptors (Lipinski definition) is 4. The third-order valence-corrected chi connectivity index (χ3v) is 3.50. The van der Waals surface area contributed by atoms with Gasteiger partial charge in [0.15, 0.2) is 0 Å². The summed E-state index contributed by atoms with van der Waals surface area (Å²) < 4.78 is 5.26. The molecule has 21 heavy (non-hydrogen) atoms. The zero-order chi connectivity index (χ0) is 15.5. The molecule has 1 fully saturated rings. The minimum atomic E-state index is -1.26. The Morgan fingerprint density at radius 2 is 1.95 bits per heavy atom. The van der Waals surface area contributed by atoms with E-state index in [1.165, 1.54) is 18.2 Å². The normalized spacial score (nSPS) is 17.0. The number of aromatic carboxylic acids is 1. The van der Waals surface area contributed by atoms with Gasteiger partial charge in [0.05, 0.1) is 0 Å². The van der Waals surface area contributed by atoms with E-state index in [-0.39, 0.29) is 16.9 Å². The molecular weight excluding hydrogens is 276 g/mol. The first kappa shape index (κ1) is 15.1. The molecule has 1 aromatic carbocycles. The van der Waals surface area contributed by atoms with Crippen molar-refractivity contribution in [3.8, 4) is 5.75 Å². The largest absolute Gasteiger partial charge is 0.507 e. The number of rotatable bonds is 3. The number of ether oxygens (including phenoxy) is 1. The molecule has 4 N–H and O–H groups in total. The Labute approximate surface area is 121 Å². The number of anilines is 1. The van der Waals surface area contributed by atoms with E-state index in [0.717, 1.165) is 12.8 Å². The van der Waals surface area contributed by atoms with Crippen molar-refractivity contribution in [2.24, 2.45) is 0 Å². The average Bonchev–Trinajstić information content (AvgIpc) is 2.40. The van der Waals surface area contributed by atoms with Crippen molar-refractivity contribution >= 4 is 17.7 Å². The maximum absolute atomic E-state index is 12.0. The van der Waals surface area contributed by atoms with Crippen LogP contribution < -0.4 is 10.6 Å². The lowest BCUT2D eigenvalue weighted by atomic mass is 9.93. The molecular formula is C14H18N2O5. The fourth-order valence-corrected chi connectivity index (χ4v) is 2.17. The smallest absolute Gasteiger partial charge is 0.339 e. The highest BCUT2D eigenvalue weighted by molar-refractivity contribution is 5.95. The molecule has 0 spiro atoms. The van der Waals surface area contributed by atoms with Crippen LogP contribution in [0.2, 0.25) is 0 Å². The van der Waals surface area contributed by atoms with E-state index in [0.29, 0.717) is 18.9 Å². The fourth-order valence-electron chi connectivity index (χ4n) is 2.17. The molecule has 1 heterocycles. The van der Waals surface area contributed by atoms with Crippen molar-refractivity contribution in [2.75, 3.05) is 18.5 Å². The van der Waals surface area contributed by atoms with Crippen LogP contribution in [-0.2, 0) is 4.74 Å². The lowest BCUT2D eigenvalue weighted by Gasteiger charge is -2.34. The summed E-state index contributed by atoms with van der Waals surface area (Å²) in [4.78, 5) is 22.9. The summed E-state index contributed by atoms with van der Waals surface area (Å²) in [5, 5.41) is 23.8. The van der Waals surface area contributed by atoms with Crippen LogP contribution >= 0.6 is 0 Å². The average molecular weight is 294 g/mol. The van der Waals surface area contributed by atoms with E-state index in [2.05, 4.69) is 10.6 Å². The van der Waals surface area contributed by atoms with Crippen LogP contribution in [0.5, 0.6) is 5.75 Å². The third kappa shape index (κ3) is 3.85. The lowest BCUT2D eigenvalue weighted by Crippen LogP contribution is -2.51. The van der Waals surface area contributed by atoms with Crippen LogP contribution in [0.1, 0.15) is 30.1 Å². The molecule has 0 bridgehead atoms. The topological polar surface area (TPSA) is 108 Å². The van der Waals surface area contributed by atoms with Crippen molar-refractivity contribution in [3.05, 3.63) is 23.8 Å². The molecule has 2 amide bonds. The number of benzene rings is 1. The second kappa shape index (κ2) is 6.01. The number of urea groups is 1. The van der Waals surface area contributed by atoms with Gasteiger partial charge in [-0.1, -0.05) is 0 Å². The molecule has 0 radical (unpaired) electrons. The summed E-state index contributed by atoms with van der Waals surface area (Å²) in [5.41, 5.74) is -0.294. The number of carbonyl (C=O) groups excluding carboxylic acids is 1. The van der Waals surface area contributed by atoms with Gasteiger partial charge in [-0.3, -0.25) is 0 Å². The molecule has 0 aliphatic carbocycles. The molecule has 0 unspecified atom stereocenters. The van der Waals surface area contributed by atoms with Gasteiger partial charge in [-0.25, -0.2) is 9.59 Å². The van der Waals surface area contributed by atoms with E-state index >= 15 is 0 Å². The predicted molar refractivity (Wildman–Crippen MR) is 75.7 cm³/mol. The second-order valence-corrected chi connectivity index (χ2v) is 5.29. The van der Waals surface area contributed by atoms with Crippen LogP contribution in [0, 0.1) is 0 Å². The molecule has 0 atom stereocenters. The maximum atomic E-state index is 12.0. The summed E-state index contributed by atoms with van der Waals surface area (Å²) in [6.07, 6.45) is 1.44. The van der Waals surface area contributed by atoms with Gasteiger partial charge in [-0.15, -0.1) is 0 Å². The van der Waals surface area contributed by atoms with Crippen molar-refractivity contribution in [2.45, 2.75) is 25.3 Å². The van der Waals surface area contributed by atoms with E-state index in [4.69, 9.17) is 9.84 Å².